The topological polar surface area (TPSA) is 70.6 Å². The fraction of sp³-hybridized carbons (Fsp3) is 0.500. The largest absolute Gasteiger partial charge is 0.496 e. The highest BCUT2D eigenvalue weighted by Gasteiger charge is 2.27. The summed E-state index contributed by atoms with van der Waals surface area (Å²) in [6.45, 7) is 2.90. The number of aliphatic hydroxyl groups excluding tert-OH is 1. The second-order valence-electron chi connectivity index (χ2n) is 4.88. The third kappa shape index (κ3) is 3.45. The first-order valence-electron chi connectivity index (χ1n) is 6.43. The minimum Gasteiger partial charge on any atom is -0.496 e. The van der Waals surface area contributed by atoms with Crippen LogP contribution >= 0.6 is 0 Å². The van der Waals surface area contributed by atoms with Gasteiger partial charge in [0.1, 0.15) is 5.75 Å². The number of ether oxygens (including phenoxy) is 1. The zero-order valence-electron chi connectivity index (χ0n) is 11.3. The quantitative estimate of drug-likeness (QED) is 0.733. The molecule has 0 radical (unpaired) electrons. The Hall–Kier alpha value is -1.59. The maximum absolute atomic E-state index is 11.9. The molecule has 1 saturated heterocycles. The molecule has 0 saturated carbocycles. The van der Waals surface area contributed by atoms with Crippen LogP contribution in [0.5, 0.6) is 5.75 Å². The van der Waals surface area contributed by atoms with Gasteiger partial charge in [-0.25, -0.2) is 0 Å². The Morgan fingerprint density at radius 3 is 3.00 bits per heavy atom. The number of carbonyl (C=O) groups excluding carboxylic acids is 1. The normalized spacial score (nSPS) is 22.3. The SMILES string of the molecule is COc1cc(C)ccc1CNC(=O)C1CC(O)CN1. The van der Waals surface area contributed by atoms with Gasteiger partial charge < -0.3 is 20.5 Å². The molecule has 3 N–H and O–H groups in total. The number of aryl methyl sites for hydroxylation is 1. The summed E-state index contributed by atoms with van der Waals surface area (Å²) >= 11 is 0. The Morgan fingerprint density at radius 1 is 1.58 bits per heavy atom. The highest BCUT2D eigenvalue weighted by Crippen LogP contribution is 2.19. The molecule has 2 atom stereocenters. The highest BCUT2D eigenvalue weighted by atomic mass is 16.5. The smallest absolute Gasteiger partial charge is 0.237 e. The summed E-state index contributed by atoms with van der Waals surface area (Å²) < 4.78 is 5.29. The summed E-state index contributed by atoms with van der Waals surface area (Å²) in [5.74, 6) is 0.693. The third-order valence-electron chi connectivity index (χ3n) is 3.32. The summed E-state index contributed by atoms with van der Waals surface area (Å²) in [4.78, 5) is 11.9. The maximum Gasteiger partial charge on any atom is 0.237 e. The lowest BCUT2D eigenvalue weighted by Crippen LogP contribution is -2.40. The molecule has 0 aromatic heterocycles. The first kappa shape index (κ1) is 13.8. The van der Waals surface area contributed by atoms with Crippen LogP contribution in [0.3, 0.4) is 0 Å². The van der Waals surface area contributed by atoms with Crippen molar-refractivity contribution in [2.24, 2.45) is 0 Å². The predicted octanol–water partition coefficient (Wildman–Crippen LogP) is 0.343. The van der Waals surface area contributed by atoms with E-state index in [1.807, 2.05) is 25.1 Å². The molecule has 0 aliphatic carbocycles. The van der Waals surface area contributed by atoms with Crippen molar-refractivity contribution < 1.29 is 14.6 Å². The Morgan fingerprint density at radius 2 is 2.37 bits per heavy atom. The van der Waals surface area contributed by atoms with E-state index in [2.05, 4.69) is 10.6 Å². The van der Waals surface area contributed by atoms with E-state index in [4.69, 9.17) is 4.74 Å². The third-order valence-corrected chi connectivity index (χ3v) is 3.32. The highest BCUT2D eigenvalue weighted by molar-refractivity contribution is 5.82. The van der Waals surface area contributed by atoms with Gasteiger partial charge in [-0.15, -0.1) is 0 Å². The van der Waals surface area contributed by atoms with Crippen molar-refractivity contribution in [2.45, 2.75) is 32.0 Å². The number of benzene rings is 1. The Bertz CT molecular complexity index is 462. The van der Waals surface area contributed by atoms with E-state index in [-0.39, 0.29) is 11.9 Å². The van der Waals surface area contributed by atoms with Gasteiger partial charge in [0.25, 0.3) is 0 Å². The van der Waals surface area contributed by atoms with E-state index in [0.717, 1.165) is 16.9 Å². The van der Waals surface area contributed by atoms with Crippen molar-refractivity contribution in [3.8, 4) is 5.75 Å². The van der Waals surface area contributed by atoms with Gasteiger partial charge in [0.05, 0.1) is 19.3 Å². The second kappa shape index (κ2) is 6.04. The zero-order chi connectivity index (χ0) is 13.8. The van der Waals surface area contributed by atoms with Crippen LogP contribution < -0.4 is 15.4 Å². The van der Waals surface area contributed by atoms with Crippen molar-refractivity contribution in [2.75, 3.05) is 13.7 Å². The first-order chi connectivity index (χ1) is 9.10. The number of nitrogens with one attached hydrogen (secondary N) is 2. The molecular formula is C14H20N2O3. The van der Waals surface area contributed by atoms with E-state index in [9.17, 15) is 9.90 Å². The standard InChI is InChI=1S/C14H20N2O3/c1-9-3-4-10(13(5-9)19-2)7-16-14(18)12-6-11(17)8-15-12/h3-5,11-12,15,17H,6-8H2,1-2H3,(H,16,18). The molecule has 2 unspecified atom stereocenters. The number of rotatable bonds is 4. The van der Waals surface area contributed by atoms with Crippen molar-refractivity contribution in [1.29, 1.82) is 0 Å². The Kier molecular flexibility index (Phi) is 4.39. The van der Waals surface area contributed by atoms with Gasteiger partial charge in [0.15, 0.2) is 0 Å². The molecule has 5 heteroatoms. The molecule has 1 heterocycles. The Labute approximate surface area is 113 Å². The van der Waals surface area contributed by atoms with Crippen molar-refractivity contribution in [3.05, 3.63) is 29.3 Å². The molecule has 5 nitrogen and oxygen atoms in total. The molecule has 1 fully saturated rings. The molecule has 1 aliphatic rings. The minimum absolute atomic E-state index is 0.0841. The molecule has 0 bridgehead atoms. The van der Waals surface area contributed by atoms with Crippen molar-refractivity contribution >= 4 is 5.91 Å². The number of amides is 1. The van der Waals surface area contributed by atoms with Crippen LogP contribution in [0.1, 0.15) is 17.5 Å². The maximum atomic E-state index is 11.9. The number of β-amino-alcohol motifs (C(OH)–C–C–N with tert-alkyl or cyclic N) is 1. The van der Waals surface area contributed by atoms with Crippen LogP contribution in [0.15, 0.2) is 18.2 Å². The number of hydrogen-bond donors (Lipinski definition) is 3. The summed E-state index contributed by atoms with van der Waals surface area (Å²) in [6.07, 6.45) is 0.0429. The van der Waals surface area contributed by atoms with Gasteiger partial charge in [-0.2, -0.15) is 0 Å². The van der Waals surface area contributed by atoms with Crippen LogP contribution in [-0.4, -0.2) is 36.8 Å². The van der Waals surface area contributed by atoms with Crippen LogP contribution in [0.2, 0.25) is 0 Å². The molecule has 19 heavy (non-hydrogen) atoms. The van der Waals surface area contributed by atoms with E-state index in [1.165, 1.54) is 0 Å². The molecule has 1 amide bonds. The van der Waals surface area contributed by atoms with Gasteiger partial charge in [0.2, 0.25) is 5.91 Å². The van der Waals surface area contributed by atoms with E-state index < -0.39 is 6.10 Å². The minimum atomic E-state index is -0.426. The van der Waals surface area contributed by atoms with E-state index in [0.29, 0.717) is 19.5 Å². The number of methoxy groups -OCH3 is 1. The second-order valence-corrected chi connectivity index (χ2v) is 4.88. The molecule has 2 rings (SSSR count). The van der Waals surface area contributed by atoms with E-state index >= 15 is 0 Å². The van der Waals surface area contributed by atoms with E-state index in [1.54, 1.807) is 7.11 Å². The van der Waals surface area contributed by atoms with Crippen molar-refractivity contribution in [3.63, 3.8) is 0 Å². The monoisotopic (exact) mass is 264 g/mol. The summed E-state index contributed by atoms with van der Waals surface area (Å²) in [5.41, 5.74) is 2.06. The molecule has 1 aromatic rings. The van der Waals surface area contributed by atoms with Gasteiger partial charge in [-0.05, 0) is 25.0 Å². The van der Waals surface area contributed by atoms with Gasteiger partial charge in [0, 0.05) is 18.7 Å². The summed E-state index contributed by atoms with van der Waals surface area (Å²) in [6, 6.07) is 5.58. The first-order valence-corrected chi connectivity index (χ1v) is 6.43. The van der Waals surface area contributed by atoms with Crippen LogP contribution in [0.25, 0.3) is 0 Å². The lowest BCUT2D eigenvalue weighted by Gasteiger charge is -2.13. The van der Waals surface area contributed by atoms with Crippen molar-refractivity contribution in [1.82, 2.24) is 10.6 Å². The van der Waals surface area contributed by atoms with Crippen LogP contribution in [0.4, 0.5) is 0 Å². The molecular weight excluding hydrogens is 244 g/mol. The van der Waals surface area contributed by atoms with Crippen LogP contribution in [0, 0.1) is 6.92 Å². The number of hydrogen-bond acceptors (Lipinski definition) is 4. The molecule has 1 aromatic carbocycles. The lowest BCUT2D eigenvalue weighted by molar-refractivity contribution is -0.123. The molecule has 104 valence electrons. The number of carbonyl (C=O) groups is 1. The lowest BCUT2D eigenvalue weighted by atomic mass is 10.1. The number of aliphatic hydroxyl groups is 1. The Balaban J connectivity index is 1.93. The zero-order valence-corrected chi connectivity index (χ0v) is 11.3. The van der Waals surface area contributed by atoms with Gasteiger partial charge in [-0.1, -0.05) is 12.1 Å². The fourth-order valence-electron chi connectivity index (χ4n) is 2.22. The average molecular weight is 264 g/mol. The average Bonchev–Trinajstić information content (AvgIpc) is 2.83. The molecule has 0 spiro atoms. The summed E-state index contributed by atoms with van der Waals surface area (Å²) in [7, 11) is 1.62. The predicted molar refractivity (Wildman–Crippen MR) is 72.0 cm³/mol. The van der Waals surface area contributed by atoms with Gasteiger partial charge >= 0.3 is 0 Å². The molecule has 1 aliphatic heterocycles. The summed E-state index contributed by atoms with van der Waals surface area (Å²) in [5, 5.41) is 15.2. The van der Waals surface area contributed by atoms with Gasteiger partial charge in [-0.3, -0.25) is 4.79 Å². The fourth-order valence-corrected chi connectivity index (χ4v) is 2.22. The van der Waals surface area contributed by atoms with Crippen LogP contribution in [-0.2, 0) is 11.3 Å².